The van der Waals surface area contributed by atoms with Gasteiger partial charge in [-0.2, -0.15) is 0 Å². The molecule has 1 aliphatic heterocycles. The molecule has 2 heterocycles. The predicted octanol–water partition coefficient (Wildman–Crippen LogP) is 5.32. The highest BCUT2D eigenvalue weighted by Crippen LogP contribution is 2.31. The number of carbonyl (C=O) groups excluding carboxylic acids is 1. The van der Waals surface area contributed by atoms with E-state index in [2.05, 4.69) is 15.6 Å². The fraction of sp³-hybridized carbons (Fsp3) is 0.238. The van der Waals surface area contributed by atoms with Gasteiger partial charge in [-0.1, -0.05) is 23.7 Å². The third-order valence-electron chi connectivity index (χ3n) is 4.83. The molecule has 0 saturated carbocycles. The zero-order valence-corrected chi connectivity index (χ0v) is 16.6. The number of piperidine rings is 1. The minimum absolute atomic E-state index is 0.293. The molecule has 3 aromatic rings. The van der Waals surface area contributed by atoms with Crippen LogP contribution in [0.1, 0.15) is 34.3 Å². The first kappa shape index (κ1) is 19.1. The lowest BCUT2D eigenvalue weighted by Gasteiger charge is -2.20. The van der Waals surface area contributed by atoms with Gasteiger partial charge < -0.3 is 10.6 Å². The first-order valence-corrected chi connectivity index (χ1v) is 10.4. The topological polar surface area (TPSA) is 54.0 Å². The molecule has 1 aliphatic rings. The number of carbonyl (C=O) groups is 1. The third-order valence-corrected chi connectivity index (χ3v) is 6.09. The van der Waals surface area contributed by atoms with E-state index in [4.69, 9.17) is 11.6 Å². The lowest BCUT2D eigenvalue weighted by Crippen LogP contribution is -2.26. The molecule has 2 N–H and O–H groups in total. The molecule has 0 radical (unpaired) electrons. The zero-order chi connectivity index (χ0) is 19.5. The lowest BCUT2D eigenvalue weighted by molar-refractivity contribution is 0.102. The minimum atomic E-state index is -0.371. The molecule has 1 amide bonds. The number of hydrogen-bond acceptors (Lipinski definition) is 4. The molecule has 0 spiro atoms. The first-order valence-electron chi connectivity index (χ1n) is 9.13. The zero-order valence-electron chi connectivity index (χ0n) is 15.0. The largest absolute Gasteiger partial charge is 0.320 e. The van der Waals surface area contributed by atoms with Crippen molar-refractivity contribution in [2.75, 3.05) is 18.4 Å². The van der Waals surface area contributed by atoms with Gasteiger partial charge in [-0.15, -0.1) is 11.3 Å². The summed E-state index contributed by atoms with van der Waals surface area (Å²) in [6.07, 6.45) is 2.07. The summed E-state index contributed by atoms with van der Waals surface area (Å²) in [6, 6.07) is 11.4. The van der Waals surface area contributed by atoms with Crippen molar-refractivity contribution in [2.24, 2.45) is 0 Å². The monoisotopic (exact) mass is 415 g/mol. The van der Waals surface area contributed by atoms with Gasteiger partial charge in [0.15, 0.2) is 0 Å². The summed E-state index contributed by atoms with van der Waals surface area (Å²) in [5.74, 6) is -0.258. The van der Waals surface area contributed by atoms with Crippen LogP contribution in [0.15, 0.2) is 47.8 Å². The van der Waals surface area contributed by atoms with Crippen molar-refractivity contribution in [3.05, 3.63) is 69.4 Å². The van der Waals surface area contributed by atoms with E-state index in [0.29, 0.717) is 27.9 Å². The van der Waals surface area contributed by atoms with Gasteiger partial charge >= 0.3 is 0 Å². The van der Waals surface area contributed by atoms with Crippen molar-refractivity contribution in [3.63, 3.8) is 0 Å². The van der Waals surface area contributed by atoms with Gasteiger partial charge in [-0.05, 0) is 61.8 Å². The van der Waals surface area contributed by atoms with Crippen molar-refractivity contribution >= 4 is 34.5 Å². The molecule has 7 heteroatoms. The molecular weight excluding hydrogens is 397 g/mol. The fourth-order valence-electron chi connectivity index (χ4n) is 3.33. The van der Waals surface area contributed by atoms with Crippen LogP contribution in [0.5, 0.6) is 0 Å². The summed E-state index contributed by atoms with van der Waals surface area (Å²) in [5, 5.41) is 9.60. The summed E-state index contributed by atoms with van der Waals surface area (Å²) in [4.78, 5) is 17.3. The number of nitrogens with one attached hydrogen (secondary N) is 2. The molecule has 4 rings (SSSR count). The van der Waals surface area contributed by atoms with E-state index in [1.165, 1.54) is 23.5 Å². The molecule has 1 aromatic heterocycles. The number of hydrogen-bond donors (Lipinski definition) is 2. The molecule has 0 aliphatic carbocycles. The van der Waals surface area contributed by atoms with Gasteiger partial charge in [-0.3, -0.25) is 4.79 Å². The van der Waals surface area contributed by atoms with Gasteiger partial charge in [0.1, 0.15) is 11.5 Å². The second kappa shape index (κ2) is 8.39. The van der Waals surface area contributed by atoms with Gasteiger partial charge in [-0.25, -0.2) is 9.37 Å². The van der Waals surface area contributed by atoms with Gasteiger partial charge in [0, 0.05) is 27.6 Å². The SMILES string of the molecule is O=C(Nc1ccc(F)cc1-c1ccc(Cl)cc1)c1csc(C2CCNCC2)n1. The summed E-state index contributed by atoms with van der Waals surface area (Å²) >= 11 is 7.47. The number of thiazole rings is 1. The molecule has 1 saturated heterocycles. The van der Waals surface area contributed by atoms with Gasteiger partial charge in [0.25, 0.3) is 5.91 Å². The fourth-order valence-corrected chi connectivity index (χ4v) is 4.43. The van der Waals surface area contributed by atoms with Crippen LogP contribution in [-0.4, -0.2) is 24.0 Å². The highest BCUT2D eigenvalue weighted by molar-refractivity contribution is 7.10. The Hall–Kier alpha value is -2.28. The standard InChI is InChI=1S/C21H19ClFN3OS/c22-15-3-1-13(2-4-15)17-11-16(23)5-6-18(17)25-20(27)19-12-28-21(26-19)14-7-9-24-10-8-14/h1-6,11-12,14,24H,7-10H2,(H,25,27). The number of benzene rings is 2. The van der Waals surface area contributed by atoms with Crippen LogP contribution >= 0.6 is 22.9 Å². The highest BCUT2D eigenvalue weighted by atomic mass is 35.5. The number of amides is 1. The van der Waals surface area contributed by atoms with Gasteiger partial charge in [0.05, 0.1) is 5.01 Å². The van der Waals surface area contributed by atoms with Crippen LogP contribution < -0.4 is 10.6 Å². The van der Waals surface area contributed by atoms with Crippen LogP contribution in [0.4, 0.5) is 10.1 Å². The van der Waals surface area contributed by atoms with Crippen molar-refractivity contribution in [1.29, 1.82) is 0 Å². The Morgan fingerprint density at radius 1 is 1.18 bits per heavy atom. The average molecular weight is 416 g/mol. The van der Waals surface area contributed by atoms with E-state index < -0.39 is 0 Å². The molecule has 28 heavy (non-hydrogen) atoms. The van der Waals surface area contributed by atoms with Crippen LogP contribution in [0, 0.1) is 5.82 Å². The maximum atomic E-state index is 13.8. The Balaban J connectivity index is 1.56. The second-order valence-corrected chi connectivity index (χ2v) is 8.07. The van der Waals surface area contributed by atoms with E-state index in [9.17, 15) is 9.18 Å². The van der Waals surface area contributed by atoms with Gasteiger partial charge in [0.2, 0.25) is 0 Å². The normalized spacial score (nSPS) is 14.8. The molecule has 144 valence electrons. The van der Waals surface area contributed by atoms with E-state index in [1.807, 2.05) is 0 Å². The molecule has 2 aromatic carbocycles. The van der Waals surface area contributed by atoms with Crippen LogP contribution in [0.2, 0.25) is 5.02 Å². The molecule has 0 atom stereocenters. The first-order chi connectivity index (χ1) is 13.6. The van der Waals surface area contributed by atoms with Crippen LogP contribution in [0.25, 0.3) is 11.1 Å². The highest BCUT2D eigenvalue weighted by Gasteiger charge is 2.21. The van der Waals surface area contributed by atoms with Crippen molar-refractivity contribution in [1.82, 2.24) is 10.3 Å². The molecule has 0 unspecified atom stereocenters. The molecule has 1 fully saturated rings. The summed E-state index contributed by atoms with van der Waals surface area (Å²) in [5.41, 5.74) is 2.29. The number of nitrogens with zero attached hydrogens (tertiary/aromatic N) is 1. The lowest BCUT2D eigenvalue weighted by atomic mass is 9.99. The van der Waals surface area contributed by atoms with Crippen LogP contribution in [-0.2, 0) is 0 Å². The number of anilines is 1. The molecule has 0 bridgehead atoms. The van der Waals surface area contributed by atoms with Crippen molar-refractivity contribution in [3.8, 4) is 11.1 Å². The summed E-state index contributed by atoms with van der Waals surface area (Å²) < 4.78 is 13.8. The maximum absolute atomic E-state index is 13.8. The predicted molar refractivity (Wildman–Crippen MR) is 112 cm³/mol. The second-order valence-electron chi connectivity index (χ2n) is 6.75. The summed E-state index contributed by atoms with van der Waals surface area (Å²) in [6.45, 7) is 1.96. The van der Waals surface area contributed by atoms with E-state index >= 15 is 0 Å². The average Bonchev–Trinajstić information content (AvgIpc) is 3.21. The Labute approximate surface area is 171 Å². The molecule has 4 nitrogen and oxygen atoms in total. The van der Waals surface area contributed by atoms with Crippen LogP contribution in [0.3, 0.4) is 0 Å². The Kier molecular flexibility index (Phi) is 5.71. The van der Waals surface area contributed by atoms with E-state index in [-0.39, 0.29) is 11.7 Å². The van der Waals surface area contributed by atoms with Crippen molar-refractivity contribution < 1.29 is 9.18 Å². The van der Waals surface area contributed by atoms with E-state index in [1.54, 1.807) is 35.7 Å². The Morgan fingerprint density at radius 3 is 2.68 bits per heavy atom. The maximum Gasteiger partial charge on any atom is 0.275 e. The number of halogens is 2. The number of aromatic nitrogens is 1. The Bertz CT molecular complexity index is 984. The third kappa shape index (κ3) is 4.24. The number of rotatable bonds is 4. The molecular formula is C21H19ClFN3OS. The van der Waals surface area contributed by atoms with E-state index in [0.717, 1.165) is 36.5 Å². The Morgan fingerprint density at radius 2 is 1.93 bits per heavy atom. The van der Waals surface area contributed by atoms with Crippen molar-refractivity contribution in [2.45, 2.75) is 18.8 Å². The minimum Gasteiger partial charge on any atom is -0.320 e. The smallest absolute Gasteiger partial charge is 0.275 e. The summed E-state index contributed by atoms with van der Waals surface area (Å²) in [7, 11) is 0. The quantitative estimate of drug-likeness (QED) is 0.606.